The van der Waals surface area contributed by atoms with Gasteiger partial charge in [0.05, 0.1) is 0 Å². The van der Waals surface area contributed by atoms with E-state index in [-0.39, 0.29) is 0 Å². The zero-order chi connectivity index (χ0) is 13.6. The Labute approximate surface area is 113 Å². The predicted octanol–water partition coefficient (Wildman–Crippen LogP) is 1.26. The third-order valence-corrected chi connectivity index (χ3v) is 3.41. The van der Waals surface area contributed by atoms with E-state index in [4.69, 9.17) is 14.0 Å². The van der Waals surface area contributed by atoms with Gasteiger partial charge in [0, 0.05) is 39.1 Å². The molecule has 2 heterocycles. The molecular weight excluding hydrogens is 246 g/mol. The summed E-state index contributed by atoms with van der Waals surface area (Å²) in [4.78, 5) is 4.51. The average Bonchev–Trinajstić information content (AvgIpc) is 2.90. The Kier molecular flexibility index (Phi) is 5.30. The first kappa shape index (κ1) is 14.4. The first-order valence-electron chi connectivity index (χ1n) is 7.00. The van der Waals surface area contributed by atoms with Gasteiger partial charge in [-0.3, -0.25) is 0 Å². The van der Waals surface area contributed by atoms with E-state index in [0.717, 1.165) is 32.2 Å². The fourth-order valence-corrected chi connectivity index (χ4v) is 2.37. The van der Waals surface area contributed by atoms with Gasteiger partial charge in [-0.25, -0.2) is 0 Å². The van der Waals surface area contributed by atoms with Crippen LogP contribution in [0.5, 0.6) is 0 Å². The average molecular weight is 269 g/mol. The predicted molar refractivity (Wildman–Crippen MR) is 69.9 cm³/mol. The molecule has 0 amide bonds. The molecule has 0 aromatic carbocycles. The van der Waals surface area contributed by atoms with Crippen molar-refractivity contribution in [3.63, 3.8) is 0 Å². The number of aryl methyl sites for hydroxylation is 1. The number of ether oxygens (including phenoxy) is 2. The van der Waals surface area contributed by atoms with Crippen LogP contribution in [-0.4, -0.2) is 43.6 Å². The SMILES string of the molecule is CCOC1(c2noc(CCCNC)n2)CCOCC1. The van der Waals surface area contributed by atoms with E-state index in [0.29, 0.717) is 31.5 Å². The van der Waals surface area contributed by atoms with Crippen molar-refractivity contribution in [2.45, 2.75) is 38.2 Å². The Morgan fingerprint density at radius 1 is 1.37 bits per heavy atom. The molecule has 0 unspecified atom stereocenters. The van der Waals surface area contributed by atoms with Crippen LogP contribution in [0.4, 0.5) is 0 Å². The summed E-state index contributed by atoms with van der Waals surface area (Å²) in [6.07, 6.45) is 3.36. The molecule has 0 saturated carbocycles. The van der Waals surface area contributed by atoms with Gasteiger partial charge < -0.3 is 19.3 Å². The molecule has 1 aromatic heterocycles. The molecular formula is C13H23N3O3. The summed E-state index contributed by atoms with van der Waals surface area (Å²) in [7, 11) is 1.94. The monoisotopic (exact) mass is 269 g/mol. The first-order chi connectivity index (χ1) is 9.30. The molecule has 0 radical (unpaired) electrons. The Hall–Kier alpha value is -0.980. The van der Waals surface area contributed by atoms with Crippen molar-refractivity contribution < 1.29 is 14.0 Å². The number of nitrogens with one attached hydrogen (secondary N) is 1. The largest absolute Gasteiger partial charge is 0.381 e. The molecule has 0 aliphatic carbocycles. The molecule has 2 rings (SSSR count). The fraction of sp³-hybridized carbons (Fsp3) is 0.846. The molecule has 1 aliphatic rings. The lowest BCUT2D eigenvalue weighted by Gasteiger charge is -2.33. The molecule has 0 spiro atoms. The fourth-order valence-electron chi connectivity index (χ4n) is 2.37. The molecule has 0 atom stereocenters. The lowest BCUT2D eigenvalue weighted by Crippen LogP contribution is -2.37. The van der Waals surface area contributed by atoms with Crippen LogP contribution < -0.4 is 5.32 Å². The van der Waals surface area contributed by atoms with Crippen molar-refractivity contribution >= 4 is 0 Å². The van der Waals surface area contributed by atoms with Crippen molar-refractivity contribution in [1.82, 2.24) is 15.5 Å². The van der Waals surface area contributed by atoms with E-state index in [1.54, 1.807) is 0 Å². The number of nitrogens with zero attached hydrogens (tertiary/aromatic N) is 2. The van der Waals surface area contributed by atoms with Crippen molar-refractivity contribution in [2.75, 3.05) is 33.4 Å². The second-order valence-electron chi connectivity index (χ2n) is 4.76. The second kappa shape index (κ2) is 6.98. The Morgan fingerprint density at radius 3 is 2.84 bits per heavy atom. The molecule has 1 N–H and O–H groups in total. The molecule has 108 valence electrons. The highest BCUT2D eigenvalue weighted by Crippen LogP contribution is 2.34. The Bertz CT molecular complexity index is 369. The van der Waals surface area contributed by atoms with Crippen LogP contribution in [0.25, 0.3) is 0 Å². The van der Waals surface area contributed by atoms with Crippen LogP contribution in [0, 0.1) is 0 Å². The molecule has 1 saturated heterocycles. The maximum atomic E-state index is 5.92. The Balaban J connectivity index is 2.04. The number of hydrogen-bond acceptors (Lipinski definition) is 6. The number of rotatable bonds is 7. The van der Waals surface area contributed by atoms with E-state index in [9.17, 15) is 0 Å². The van der Waals surface area contributed by atoms with Gasteiger partial charge in [-0.2, -0.15) is 4.98 Å². The zero-order valence-electron chi connectivity index (χ0n) is 11.8. The number of aromatic nitrogens is 2. The molecule has 1 fully saturated rings. The highest BCUT2D eigenvalue weighted by molar-refractivity contribution is 5.03. The second-order valence-corrected chi connectivity index (χ2v) is 4.76. The van der Waals surface area contributed by atoms with Crippen LogP contribution >= 0.6 is 0 Å². The van der Waals surface area contributed by atoms with Gasteiger partial charge in [-0.1, -0.05) is 5.16 Å². The summed E-state index contributed by atoms with van der Waals surface area (Å²) in [5, 5.41) is 7.23. The van der Waals surface area contributed by atoms with Gasteiger partial charge >= 0.3 is 0 Å². The van der Waals surface area contributed by atoms with E-state index < -0.39 is 5.60 Å². The summed E-state index contributed by atoms with van der Waals surface area (Å²) in [5.74, 6) is 1.37. The van der Waals surface area contributed by atoms with E-state index in [1.165, 1.54) is 0 Å². The maximum Gasteiger partial charge on any atom is 0.226 e. The lowest BCUT2D eigenvalue weighted by molar-refractivity contribution is -0.118. The molecule has 0 bridgehead atoms. The molecule has 19 heavy (non-hydrogen) atoms. The minimum atomic E-state index is -0.419. The van der Waals surface area contributed by atoms with Crippen LogP contribution in [0.15, 0.2) is 4.52 Å². The molecule has 1 aromatic rings. The summed E-state index contributed by atoms with van der Waals surface area (Å²) in [5.41, 5.74) is -0.419. The normalized spacial score (nSPS) is 18.6. The minimum Gasteiger partial charge on any atom is -0.381 e. The van der Waals surface area contributed by atoms with E-state index in [1.807, 2.05) is 14.0 Å². The van der Waals surface area contributed by atoms with Crippen molar-refractivity contribution in [3.8, 4) is 0 Å². The third-order valence-electron chi connectivity index (χ3n) is 3.41. The summed E-state index contributed by atoms with van der Waals surface area (Å²) in [6.45, 7) is 4.95. The van der Waals surface area contributed by atoms with Crippen LogP contribution in [0.3, 0.4) is 0 Å². The molecule has 1 aliphatic heterocycles. The lowest BCUT2D eigenvalue weighted by atomic mass is 9.93. The molecule has 6 nitrogen and oxygen atoms in total. The summed E-state index contributed by atoms with van der Waals surface area (Å²) in [6, 6.07) is 0. The van der Waals surface area contributed by atoms with Gasteiger partial charge in [-0.05, 0) is 26.9 Å². The smallest absolute Gasteiger partial charge is 0.226 e. The maximum absolute atomic E-state index is 5.92. The van der Waals surface area contributed by atoms with E-state index >= 15 is 0 Å². The standard InChI is InChI=1S/C13H23N3O3/c1-3-18-13(6-9-17-10-7-13)12-15-11(19-16-12)5-4-8-14-2/h14H,3-10H2,1-2H3. The van der Waals surface area contributed by atoms with E-state index in [2.05, 4.69) is 15.5 Å². The first-order valence-corrected chi connectivity index (χ1v) is 7.00. The highest BCUT2D eigenvalue weighted by Gasteiger charge is 2.39. The van der Waals surface area contributed by atoms with Gasteiger partial charge in [0.25, 0.3) is 0 Å². The van der Waals surface area contributed by atoms with Crippen LogP contribution in [-0.2, 0) is 21.5 Å². The van der Waals surface area contributed by atoms with Crippen molar-refractivity contribution in [2.24, 2.45) is 0 Å². The van der Waals surface area contributed by atoms with Crippen LogP contribution in [0.1, 0.15) is 37.9 Å². The molecule has 6 heteroatoms. The highest BCUT2D eigenvalue weighted by atomic mass is 16.5. The minimum absolute atomic E-state index is 0.419. The van der Waals surface area contributed by atoms with Gasteiger partial charge in [-0.15, -0.1) is 0 Å². The van der Waals surface area contributed by atoms with Gasteiger partial charge in [0.15, 0.2) is 0 Å². The van der Waals surface area contributed by atoms with Crippen molar-refractivity contribution in [1.29, 1.82) is 0 Å². The summed E-state index contributed by atoms with van der Waals surface area (Å²) < 4.78 is 16.6. The quantitative estimate of drug-likeness (QED) is 0.752. The summed E-state index contributed by atoms with van der Waals surface area (Å²) >= 11 is 0. The Morgan fingerprint density at radius 2 is 2.16 bits per heavy atom. The number of hydrogen-bond donors (Lipinski definition) is 1. The topological polar surface area (TPSA) is 69.4 Å². The van der Waals surface area contributed by atoms with Crippen molar-refractivity contribution in [3.05, 3.63) is 11.7 Å². The van der Waals surface area contributed by atoms with Gasteiger partial charge in [0.1, 0.15) is 5.60 Å². The zero-order valence-corrected chi connectivity index (χ0v) is 11.8. The van der Waals surface area contributed by atoms with Crippen LogP contribution in [0.2, 0.25) is 0 Å². The van der Waals surface area contributed by atoms with Gasteiger partial charge in [0.2, 0.25) is 11.7 Å². The third kappa shape index (κ3) is 3.52.